The maximum Gasteiger partial charge on any atom is 0.109 e. The average Bonchev–Trinajstić information content (AvgIpc) is 2.91. The molecule has 1 aromatic heterocycles. The molecule has 0 radical (unpaired) electrons. The predicted octanol–water partition coefficient (Wildman–Crippen LogP) is 2.89. The molecular formula is C14H19N3. The van der Waals surface area contributed by atoms with Crippen LogP contribution in [0, 0.1) is 5.92 Å². The topological polar surface area (TPSA) is 43.8 Å². The number of nitrogen functional groups attached to an aromatic ring is 1. The SMILES string of the molecule is Cn1c(CC2CCCC2)nc2ccc(N)cc21. The zero-order valence-corrected chi connectivity index (χ0v) is 10.3. The van der Waals surface area contributed by atoms with Gasteiger partial charge in [0.2, 0.25) is 0 Å². The van der Waals surface area contributed by atoms with Crippen LogP contribution in [0.1, 0.15) is 31.5 Å². The van der Waals surface area contributed by atoms with E-state index in [1.165, 1.54) is 31.5 Å². The molecule has 2 N–H and O–H groups in total. The van der Waals surface area contributed by atoms with Crippen molar-refractivity contribution in [1.82, 2.24) is 9.55 Å². The highest BCUT2D eigenvalue weighted by molar-refractivity contribution is 5.79. The molecule has 1 fully saturated rings. The van der Waals surface area contributed by atoms with Crippen molar-refractivity contribution in [3.8, 4) is 0 Å². The van der Waals surface area contributed by atoms with E-state index in [0.717, 1.165) is 29.1 Å². The van der Waals surface area contributed by atoms with Gasteiger partial charge in [0, 0.05) is 19.2 Å². The number of imidazole rings is 1. The van der Waals surface area contributed by atoms with E-state index in [9.17, 15) is 0 Å². The molecule has 0 bridgehead atoms. The van der Waals surface area contributed by atoms with Crippen LogP contribution in [0.5, 0.6) is 0 Å². The zero-order valence-electron chi connectivity index (χ0n) is 10.3. The summed E-state index contributed by atoms with van der Waals surface area (Å²) in [6.45, 7) is 0. The number of fused-ring (bicyclic) bond motifs is 1. The minimum Gasteiger partial charge on any atom is -0.399 e. The fourth-order valence-electron chi connectivity index (χ4n) is 2.91. The standard InChI is InChI=1S/C14H19N3/c1-17-13-9-11(15)6-7-12(13)16-14(17)8-10-4-2-3-5-10/h6-7,9-10H,2-5,8,15H2,1H3. The number of hydrogen-bond donors (Lipinski definition) is 1. The molecule has 0 unspecified atom stereocenters. The van der Waals surface area contributed by atoms with Crippen LogP contribution in [0.15, 0.2) is 18.2 Å². The second kappa shape index (κ2) is 4.06. The third-order valence-corrected chi connectivity index (χ3v) is 3.94. The Labute approximate surface area is 102 Å². The van der Waals surface area contributed by atoms with E-state index in [4.69, 9.17) is 10.7 Å². The van der Waals surface area contributed by atoms with Crippen molar-refractivity contribution in [2.45, 2.75) is 32.1 Å². The number of aryl methyl sites for hydroxylation is 1. The van der Waals surface area contributed by atoms with E-state index in [1.54, 1.807) is 0 Å². The maximum absolute atomic E-state index is 5.82. The first-order valence-electron chi connectivity index (χ1n) is 6.45. The second-order valence-corrected chi connectivity index (χ2v) is 5.19. The van der Waals surface area contributed by atoms with Gasteiger partial charge in [-0.15, -0.1) is 0 Å². The van der Waals surface area contributed by atoms with Crippen molar-refractivity contribution >= 4 is 16.7 Å². The maximum atomic E-state index is 5.82. The molecule has 3 nitrogen and oxygen atoms in total. The van der Waals surface area contributed by atoms with Gasteiger partial charge in [-0.1, -0.05) is 25.7 Å². The fraction of sp³-hybridized carbons (Fsp3) is 0.500. The van der Waals surface area contributed by atoms with Crippen molar-refractivity contribution in [3.63, 3.8) is 0 Å². The third-order valence-electron chi connectivity index (χ3n) is 3.94. The normalized spacial score (nSPS) is 17.0. The molecule has 0 aliphatic heterocycles. The van der Waals surface area contributed by atoms with Gasteiger partial charge in [0.1, 0.15) is 5.82 Å². The van der Waals surface area contributed by atoms with E-state index in [0.29, 0.717) is 0 Å². The Morgan fingerprint density at radius 2 is 2.12 bits per heavy atom. The molecule has 90 valence electrons. The van der Waals surface area contributed by atoms with E-state index in [-0.39, 0.29) is 0 Å². The Hall–Kier alpha value is -1.51. The van der Waals surface area contributed by atoms with Crippen LogP contribution >= 0.6 is 0 Å². The van der Waals surface area contributed by atoms with Crippen LogP contribution in [-0.2, 0) is 13.5 Å². The third kappa shape index (κ3) is 1.90. The largest absolute Gasteiger partial charge is 0.399 e. The monoisotopic (exact) mass is 229 g/mol. The number of anilines is 1. The molecule has 0 spiro atoms. The molecule has 3 heteroatoms. The lowest BCUT2D eigenvalue weighted by atomic mass is 10.0. The summed E-state index contributed by atoms with van der Waals surface area (Å²) in [4.78, 5) is 4.72. The molecule has 2 aromatic rings. The number of nitrogens with two attached hydrogens (primary N) is 1. The van der Waals surface area contributed by atoms with Crippen LogP contribution in [0.2, 0.25) is 0 Å². The van der Waals surface area contributed by atoms with Gasteiger partial charge < -0.3 is 10.3 Å². The predicted molar refractivity (Wildman–Crippen MR) is 70.8 cm³/mol. The molecule has 1 heterocycles. The van der Waals surface area contributed by atoms with Crippen molar-refractivity contribution in [2.24, 2.45) is 13.0 Å². The summed E-state index contributed by atoms with van der Waals surface area (Å²) in [6, 6.07) is 5.96. The minimum absolute atomic E-state index is 0.813. The Morgan fingerprint density at radius 1 is 1.35 bits per heavy atom. The van der Waals surface area contributed by atoms with Crippen molar-refractivity contribution in [1.29, 1.82) is 0 Å². The average molecular weight is 229 g/mol. The summed E-state index contributed by atoms with van der Waals surface area (Å²) in [7, 11) is 2.10. The van der Waals surface area contributed by atoms with Gasteiger partial charge in [-0.2, -0.15) is 0 Å². The summed E-state index contributed by atoms with van der Waals surface area (Å²) >= 11 is 0. The molecule has 0 atom stereocenters. The molecule has 0 amide bonds. The number of nitrogens with zero attached hydrogens (tertiary/aromatic N) is 2. The van der Waals surface area contributed by atoms with Gasteiger partial charge >= 0.3 is 0 Å². The van der Waals surface area contributed by atoms with Gasteiger partial charge in [0.25, 0.3) is 0 Å². The zero-order chi connectivity index (χ0) is 11.8. The first-order valence-corrected chi connectivity index (χ1v) is 6.45. The summed E-state index contributed by atoms with van der Waals surface area (Å²) in [5, 5.41) is 0. The van der Waals surface area contributed by atoms with Gasteiger partial charge in [-0.3, -0.25) is 0 Å². The Bertz CT molecular complexity index is 536. The summed E-state index contributed by atoms with van der Waals surface area (Å²) in [6.07, 6.45) is 6.63. The van der Waals surface area contributed by atoms with Gasteiger partial charge in [0.05, 0.1) is 11.0 Å². The highest BCUT2D eigenvalue weighted by Gasteiger charge is 2.18. The lowest BCUT2D eigenvalue weighted by molar-refractivity contribution is 0.522. The van der Waals surface area contributed by atoms with Crippen molar-refractivity contribution in [3.05, 3.63) is 24.0 Å². The number of aromatic nitrogens is 2. The van der Waals surface area contributed by atoms with E-state index >= 15 is 0 Å². The molecular weight excluding hydrogens is 210 g/mol. The summed E-state index contributed by atoms with van der Waals surface area (Å²) in [5.41, 5.74) is 8.85. The van der Waals surface area contributed by atoms with Gasteiger partial charge in [0.15, 0.2) is 0 Å². The smallest absolute Gasteiger partial charge is 0.109 e. The molecule has 0 saturated heterocycles. The molecule has 17 heavy (non-hydrogen) atoms. The number of benzene rings is 1. The molecule has 1 aliphatic rings. The van der Waals surface area contributed by atoms with E-state index in [2.05, 4.69) is 11.6 Å². The van der Waals surface area contributed by atoms with Crippen molar-refractivity contribution in [2.75, 3.05) is 5.73 Å². The highest BCUT2D eigenvalue weighted by atomic mass is 15.1. The van der Waals surface area contributed by atoms with Crippen LogP contribution in [0.4, 0.5) is 5.69 Å². The quantitative estimate of drug-likeness (QED) is 0.805. The highest BCUT2D eigenvalue weighted by Crippen LogP contribution is 2.28. The first-order chi connectivity index (χ1) is 8.24. The first kappa shape index (κ1) is 10.6. The van der Waals surface area contributed by atoms with Gasteiger partial charge in [-0.05, 0) is 24.1 Å². The van der Waals surface area contributed by atoms with Crippen LogP contribution in [0.3, 0.4) is 0 Å². The van der Waals surface area contributed by atoms with Crippen LogP contribution in [0.25, 0.3) is 11.0 Å². The number of rotatable bonds is 2. The summed E-state index contributed by atoms with van der Waals surface area (Å²) in [5.74, 6) is 2.04. The lowest BCUT2D eigenvalue weighted by Crippen LogP contribution is -2.05. The van der Waals surface area contributed by atoms with Crippen molar-refractivity contribution < 1.29 is 0 Å². The Morgan fingerprint density at radius 3 is 2.88 bits per heavy atom. The fourth-order valence-corrected chi connectivity index (χ4v) is 2.91. The minimum atomic E-state index is 0.813. The van der Waals surface area contributed by atoms with Gasteiger partial charge in [-0.25, -0.2) is 4.98 Å². The Kier molecular flexibility index (Phi) is 2.54. The molecule has 1 aliphatic carbocycles. The van der Waals surface area contributed by atoms with Crippen LogP contribution in [-0.4, -0.2) is 9.55 Å². The molecule has 1 aromatic carbocycles. The lowest BCUT2D eigenvalue weighted by Gasteiger charge is -2.08. The summed E-state index contributed by atoms with van der Waals surface area (Å²) < 4.78 is 2.20. The van der Waals surface area contributed by atoms with Crippen LogP contribution < -0.4 is 5.73 Å². The Balaban J connectivity index is 1.96. The number of hydrogen-bond acceptors (Lipinski definition) is 2. The second-order valence-electron chi connectivity index (χ2n) is 5.19. The van der Waals surface area contributed by atoms with E-state index in [1.807, 2.05) is 18.2 Å². The molecule has 3 rings (SSSR count). The molecule has 1 saturated carbocycles. The van der Waals surface area contributed by atoms with E-state index < -0.39 is 0 Å².